The fraction of sp³-hybridized carbons (Fsp3) is 0.118. The second-order valence-corrected chi connectivity index (χ2v) is 10.5. The fourth-order valence-electron chi connectivity index (χ4n) is 5.14. The number of nitrogens with zero attached hydrogens (tertiary/aromatic N) is 7. The lowest BCUT2D eigenvalue weighted by Crippen LogP contribution is -2.08. The minimum absolute atomic E-state index is 0.109. The van der Waals surface area contributed by atoms with Crippen molar-refractivity contribution in [3.63, 3.8) is 0 Å². The average Bonchev–Trinajstić information content (AvgIpc) is 3.73. The summed E-state index contributed by atoms with van der Waals surface area (Å²) in [4.78, 5) is 5.04. The van der Waals surface area contributed by atoms with Gasteiger partial charge in [0.05, 0.1) is 0 Å². The third kappa shape index (κ3) is 5.36. The van der Waals surface area contributed by atoms with Gasteiger partial charge in [-0.1, -0.05) is 98.8 Å². The van der Waals surface area contributed by atoms with Crippen molar-refractivity contribution in [1.82, 2.24) is 40.4 Å². The van der Waals surface area contributed by atoms with Gasteiger partial charge in [-0.2, -0.15) is 5.21 Å². The van der Waals surface area contributed by atoms with Crippen LogP contribution in [0.2, 0.25) is 0 Å². The average molecular weight is 581 g/mol. The van der Waals surface area contributed by atoms with Crippen molar-refractivity contribution >= 4 is 11.0 Å². The number of fused-ring (bicyclic) bond motifs is 1. The van der Waals surface area contributed by atoms with Gasteiger partial charge in [0.2, 0.25) is 5.82 Å². The van der Waals surface area contributed by atoms with Crippen LogP contribution >= 0.6 is 0 Å². The Kier molecular flexibility index (Phi) is 7.21. The highest BCUT2D eigenvalue weighted by atomic mass is 16.5. The highest BCUT2D eigenvalue weighted by molar-refractivity contribution is 5.86. The van der Waals surface area contributed by atoms with Crippen LogP contribution in [0.15, 0.2) is 109 Å². The Bertz CT molecular complexity index is 2010. The number of aromatic amines is 1. The zero-order valence-corrected chi connectivity index (χ0v) is 24.1. The molecular formula is C34H28N8O2. The van der Waals surface area contributed by atoms with E-state index >= 15 is 0 Å². The number of aromatic nitrogens is 8. The Balaban J connectivity index is 1.30. The zero-order chi connectivity index (χ0) is 29.9. The summed E-state index contributed by atoms with van der Waals surface area (Å²) in [6, 6.07) is 35.5. The van der Waals surface area contributed by atoms with Crippen molar-refractivity contribution in [1.29, 1.82) is 0 Å². The largest absolute Gasteiger partial charge is 0.436 e. The van der Waals surface area contributed by atoms with Crippen molar-refractivity contribution in [2.45, 2.75) is 26.3 Å². The summed E-state index contributed by atoms with van der Waals surface area (Å²) in [5, 5.41) is 23.5. The second kappa shape index (κ2) is 11.8. The van der Waals surface area contributed by atoms with Crippen molar-refractivity contribution in [2.75, 3.05) is 0 Å². The molecule has 0 radical (unpaired) electrons. The normalized spacial score (nSPS) is 11.2. The van der Waals surface area contributed by atoms with Crippen LogP contribution in [0.3, 0.4) is 0 Å². The number of rotatable bonds is 9. The van der Waals surface area contributed by atoms with Crippen molar-refractivity contribution in [3.8, 4) is 45.8 Å². The molecule has 1 N–H and O–H groups in total. The van der Waals surface area contributed by atoms with E-state index in [2.05, 4.69) is 79.6 Å². The number of benzene rings is 4. The molecule has 0 aliphatic heterocycles. The van der Waals surface area contributed by atoms with E-state index in [0.717, 1.165) is 28.1 Å². The van der Waals surface area contributed by atoms with E-state index in [9.17, 15) is 0 Å². The fourth-order valence-corrected chi connectivity index (χ4v) is 5.14. The molecule has 0 aliphatic rings. The summed E-state index contributed by atoms with van der Waals surface area (Å²) in [5.74, 6) is 3.52. The summed E-state index contributed by atoms with van der Waals surface area (Å²) in [5.41, 5.74) is 5.36. The van der Waals surface area contributed by atoms with Crippen LogP contribution in [-0.2, 0) is 6.54 Å². The van der Waals surface area contributed by atoms with E-state index in [1.807, 2.05) is 78.9 Å². The Morgan fingerprint density at radius 1 is 0.682 bits per heavy atom. The number of imidazole rings is 1. The molecule has 0 aliphatic carbocycles. The van der Waals surface area contributed by atoms with Crippen LogP contribution in [0.1, 0.15) is 31.2 Å². The molecule has 0 bridgehead atoms. The van der Waals surface area contributed by atoms with Crippen molar-refractivity contribution < 1.29 is 9.47 Å². The number of hydrogen-bond donors (Lipinski definition) is 1. The first-order valence-corrected chi connectivity index (χ1v) is 14.3. The van der Waals surface area contributed by atoms with Crippen LogP contribution in [0.25, 0.3) is 33.5 Å². The topological polar surface area (TPSA) is 117 Å². The Hall–Kier alpha value is -5.90. The molecule has 7 rings (SSSR count). The van der Waals surface area contributed by atoms with Crippen molar-refractivity contribution in [3.05, 3.63) is 121 Å². The van der Waals surface area contributed by atoms with Crippen LogP contribution in [0, 0.1) is 0 Å². The van der Waals surface area contributed by atoms with Crippen LogP contribution in [0.5, 0.6) is 23.3 Å². The van der Waals surface area contributed by atoms with E-state index in [1.165, 1.54) is 0 Å². The van der Waals surface area contributed by atoms with E-state index in [0.29, 0.717) is 46.7 Å². The zero-order valence-electron chi connectivity index (χ0n) is 24.1. The minimum Gasteiger partial charge on any atom is -0.436 e. The lowest BCUT2D eigenvalue weighted by molar-refractivity contribution is 0.434. The molecule has 10 nitrogen and oxygen atoms in total. The molecule has 216 valence electrons. The number of para-hydroxylation sites is 2. The molecule has 0 saturated carbocycles. The Morgan fingerprint density at radius 3 is 1.93 bits per heavy atom. The van der Waals surface area contributed by atoms with Gasteiger partial charge in [-0.25, -0.2) is 4.98 Å². The number of H-pyrrole nitrogens is 1. The molecule has 0 fully saturated rings. The smallest absolute Gasteiger partial charge is 0.267 e. The number of hydrogen-bond acceptors (Lipinski definition) is 8. The van der Waals surface area contributed by atoms with Gasteiger partial charge in [0.15, 0.2) is 5.52 Å². The van der Waals surface area contributed by atoms with Gasteiger partial charge in [0.1, 0.15) is 22.8 Å². The third-order valence-corrected chi connectivity index (χ3v) is 7.18. The van der Waals surface area contributed by atoms with Gasteiger partial charge < -0.3 is 14.0 Å². The molecule has 0 saturated heterocycles. The predicted octanol–water partition coefficient (Wildman–Crippen LogP) is 7.43. The summed E-state index contributed by atoms with van der Waals surface area (Å²) >= 11 is 0. The molecule has 0 spiro atoms. The summed E-state index contributed by atoms with van der Waals surface area (Å²) in [6.07, 6.45) is 0. The Morgan fingerprint density at radius 2 is 1.30 bits per heavy atom. The van der Waals surface area contributed by atoms with E-state index < -0.39 is 0 Å². The van der Waals surface area contributed by atoms with E-state index in [4.69, 9.17) is 14.5 Å². The quantitative estimate of drug-likeness (QED) is 0.187. The van der Waals surface area contributed by atoms with Crippen LogP contribution < -0.4 is 9.47 Å². The van der Waals surface area contributed by atoms with Crippen molar-refractivity contribution in [2.24, 2.45) is 0 Å². The lowest BCUT2D eigenvalue weighted by Gasteiger charge is -2.14. The second-order valence-electron chi connectivity index (χ2n) is 10.5. The van der Waals surface area contributed by atoms with Gasteiger partial charge in [0.25, 0.3) is 11.8 Å². The number of ether oxygens (including phenoxy) is 2. The maximum Gasteiger partial charge on any atom is 0.267 e. The Labute approximate surface area is 253 Å². The first kappa shape index (κ1) is 27.0. The summed E-state index contributed by atoms with van der Waals surface area (Å²) in [6.45, 7) is 4.77. The minimum atomic E-state index is 0.109. The molecule has 0 unspecified atom stereocenters. The molecule has 10 heteroatoms. The van der Waals surface area contributed by atoms with Crippen LogP contribution in [0.4, 0.5) is 0 Å². The summed E-state index contributed by atoms with van der Waals surface area (Å²) < 4.78 is 14.6. The first-order valence-electron chi connectivity index (χ1n) is 14.3. The monoisotopic (exact) mass is 580 g/mol. The number of tetrazole rings is 1. The SMILES string of the molecule is CC(C)c1nc2c(Oc3ccccc3)nnc(Oc3ccccc3)c2n1Cc1ccc(-c2ccccc2-c2nn[nH]n2)cc1. The standard InChI is InChI=1S/C34H28N8O2/c1-22(2)32-35-29-30(34(44-26-13-7-4-8-14-26)39-38-33(29)43-25-11-5-3-6-12-25)42(32)21-23-17-19-24(20-18-23)27-15-9-10-16-28(27)31-36-40-41-37-31/h3-20,22H,21H2,1-2H3,(H,36,37,40,41). The van der Waals surface area contributed by atoms with E-state index in [-0.39, 0.29) is 5.92 Å². The summed E-state index contributed by atoms with van der Waals surface area (Å²) in [7, 11) is 0. The number of nitrogens with one attached hydrogen (secondary N) is 1. The predicted molar refractivity (Wildman–Crippen MR) is 167 cm³/mol. The molecule has 0 amide bonds. The molecule has 0 atom stereocenters. The lowest BCUT2D eigenvalue weighted by atomic mass is 9.98. The van der Waals surface area contributed by atoms with Gasteiger partial charge in [-0.05, 0) is 46.2 Å². The molecule has 3 heterocycles. The molecule has 44 heavy (non-hydrogen) atoms. The van der Waals surface area contributed by atoms with Gasteiger partial charge in [0, 0.05) is 18.0 Å². The molecular weight excluding hydrogens is 552 g/mol. The molecule has 3 aromatic heterocycles. The molecule has 4 aromatic carbocycles. The van der Waals surface area contributed by atoms with Crippen LogP contribution in [-0.4, -0.2) is 40.4 Å². The maximum atomic E-state index is 6.28. The van der Waals surface area contributed by atoms with E-state index in [1.54, 1.807) is 0 Å². The highest BCUT2D eigenvalue weighted by Gasteiger charge is 2.24. The third-order valence-electron chi connectivity index (χ3n) is 7.18. The first-order chi connectivity index (χ1) is 21.6. The van der Waals surface area contributed by atoms with Gasteiger partial charge >= 0.3 is 0 Å². The van der Waals surface area contributed by atoms with Gasteiger partial charge in [-0.3, -0.25) is 0 Å². The van der Waals surface area contributed by atoms with Gasteiger partial charge in [-0.15, -0.1) is 20.4 Å². The highest BCUT2D eigenvalue weighted by Crippen LogP contribution is 2.37. The maximum absolute atomic E-state index is 6.28. The molecule has 7 aromatic rings.